The number of thiol groups is 1. The SMILES string of the molecule is CC(C)(C)CN1CCN(S)CC1. The van der Waals surface area contributed by atoms with Crippen LogP contribution >= 0.6 is 12.8 Å². The first-order valence-corrected chi connectivity index (χ1v) is 5.03. The van der Waals surface area contributed by atoms with Gasteiger partial charge in [-0.3, -0.25) is 4.31 Å². The second-order valence-corrected chi connectivity index (χ2v) is 5.36. The van der Waals surface area contributed by atoms with Crippen LogP contribution in [-0.2, 0) is 0 Å². The maximum absolute atomic E-state index is 4.32. The highest BCUT2D eigenvalue weighted by Gasteiger charge is 2.19. The van der Waals surface area contributed by atoms with E-state index in [1.54, 1.807) is 0 Å². The Hall–Kier alpha value is 0.270. The summed E-state index contributed by atoms with van der Waals surface area (Å²) in [6.45, 7) is 12.6. The zero-order valence-corrected chi connectivity index (χ0v) is 9.27. The van der Waals surface area contributed by atoms with Crippen molar-refractivity contribution < 1.29 is 0 Å². The fraction of sp³-hybridized carbons (Fsp3) is 1.00. The fourth-order valence-corrected chi connectivity index (χ4v) is 1.75. The number of rotatable bonds is 1. The zero-order valence-electron chi connectivity index (χ0n) is 8.38. The maximum Gasteiger partial charge on any atom is 0.0215 e. The van der Waals surface area contributed by atoms with Crippen LogP contribution in [-0.4, -0.2) is 41.9 Å². The minimum atomic E-state index is 0.429. The molecule has 12 heavy (non-hydrogen) atoms. The Morgan fingerprint density at radius 1 is 1.08 bits per heavy atom. The molecule has 1 rings (SSSR count). The molecule has 0 aromatic rings. The Labute approximate surface area is 81.5 Å². The van der Waals surface area contributed by atoms with Crippen molar-refractivity contribution in [2.45, 2.75) is 20.8 Å². The van der Waals surface area contributed by atoms with Gasteiger partial charge in [0.05, 0.1) is 0 Å². The topological polar surface area (TPSA) is 6.48 Å². The highest BCUT2D eigenvalue weighted by atomic mass is 32.1. The highest BCUT2D eigenvalue weighted by Crippen LogP contribution is 2.16. The van der Waals surface area contributed by atoms with E-state index in [4.69, 9.17) is 0 Å². The van der Waals surface area contributed by atoms with Gasteiger partial charge in [0.2, 0.25) is 0 Å². The number of piperazine rings is 1. The molecule has 1 aliphatic heterocycles. The smallest absolute Gasteiger partial charge is 0.0215 e. The van der Waals surface area contributed by atoms with Crippen LogP contribution in [0.2, 0.25) is 0 Å². The van der Waals surface area contributed by atoms with Crippen molar-refractivity contribution in [3.63, 3.8) is 0 Å². The van der Waals surface area contributed by atoms with Gasteiger partial charge >= 0.3 is 0 Å². The molecule has 0 radical (unpaired) electrons. The number of hydrogen-bond acceptors (Lipinski definition) is 3. The summed E-state index contributed by atoms with van der Waals surface area (Å²) in [5, 5.41) is 0. The normalized spacial score (nSPS) is 23.0. The van der Waals surface area contributed by atoms with E-state index < -0.39 is 0 Å². The van der Waals surface area contributed by atoms with Crippen molar-refractivity contribution in [3.05, 3.63) is 0 Å². The molecule has 72 valence electrons. The molecule has 1 saturated heterocycles. The van der Waals surface area contributed by atoms with Crippen LogP contribution in [0.5, 0.6) is 0 Å². The summed E-state index contributed by atoms with van der Waals surface area (Å²) >= 11 is 4.32. The molecule has 0 aromatic heterocycles. The molecule has 1 fully saturated rings. The Kier molecular flexibility index (Phi) is 3.44. The lowest BCUT2D eigenvalue weighted by molar-refractivity contribution is 0.146. The second-order valence-electron chi connectivity index (χ2n) is 4.79. The van der Waals surface area contributed by atoms with E-state index in [2.05, 4.69) is 42.8 Å². The van der Waals surface area contributed by atoms with Crippen molar-refractivity contribution >= 4 is 12.8 Å². The predicted octanol–water partition coefficient (Wildman–Crippen LogP) is 1.49. The summed E-state index contributed by atoms with van der Waals surface area (Å²) in [4.78, 5) is 2.52. The second kappa shape index (κ2) is 3.99. The van der Waals surface area contributed by atoms with Gasteiger partial charge in [-0.1, -0.05) is 33.6 Å². The lowest BCUT2D eigenvalue weighted by atomic mass is 9.96. The lowest BCUT2D eigenvalue weighted by Gasteiger charge is -2.35. The number of hydrogen-bond donors (Lipinski definition) is 1. The van der Waals surface area contributed by atoms with Gasteiger partial charge in [-0.2, -0.15) is 0 Å². The Morgan fingerprint density at radius 3 is 2.00 bits per heavy atom. The molecule has 0 bridgehead atoms. The third-order valence-electron chi connectivity index (χ3n) is 2.05. The summed E-state index contributed by atoms with van der Waals surface area (Å²) < 4.78 is 2.10. The Bertz CT molecular complexity index is 134. The summed E-state index contributed by atoms with van der Waals surface area (Å²) in [7, 11) is 0. The van der Waals surface area contributed by atoms with Gasteiger partial charge in [0.1, 0.15) is 0 Å². The van der Waals surface area contributed by atoms with Gasteiger partial charge in [0.15, 0.2) is 0 Å². The van der Waals surface area contributed by atoms with Crippen LogP contribution in [0.1, 0.15) is 20.8 Å². The molecule has 3 heteroatoms. The summed E-state index contributed by atoms with van der Waals surface area (Å²) in [5.41, 5.74) is 0.429. The van der Waals surface area contributed by atoms with Crippen molar-refractivity contribution in [2.24, 2.45) is 5.41 Å². The molecular formula is C9H20N2S. The predicted molar refractivity (Wildman–Crippen MR) is 56.5 cm³/mol. The van der Waals surface area contributed by atoms with Crippen LogP contribution in [0, 0.1) is 5.41 Å². The standard InChI is InChI=1S/C9H20N2S/c1-9(2,3)8-10-4-6-11(12)7-5-10/h12H,4-8H2,1-3H3. The molecule has 1 heterocycles. The van der Waals surface area contributed by atoms with Crippen molar-refractivity contribution in [2.75, 3.05) is 32.7 Å². The minimum Gasteiger partial charge on any atom is -0.300 e. The molecule has 0 aromatic carbocycles. The molecule has 1 aliphatic rings. The van der Waals surface area contributed by atoms with Crippen LogP contribution in [0.25, 0.3) is 0 Å². The van der Waals surface area contributed by atoms with Gasteiger partial charge in [0.25, 0.3) is 0 Å². The van der Waals surface area contributed by atoms with Gasteiger partial charge in [-0.15, -0.1) is 0 Å². The van der Waals surface area contributed by atoms with Crippen molar-refractivity contribution in [1.82, 2.24) is 9.21 Å². The van der Waals surface area contributed by atoms with Gasteiger partial charge < -0.3 is 4.90 Å². The van der Waals surface area contributed by atoms with Gasteiger partial charge in [-0.25, -0.2) is 0 Å². The van der Waals surface area contributed by atoms with Crippen molar-refractivity contribution in [1.29, 1.82) is 0 Å². The van der Waals surface area contributed by atoms with E-state index in [-0.39, 0.29) is 0 Å². The molecule has 0 amide bonds. The van der Waals surface area contributed by atoms with Gasteiger partial charge in [-0.05, 0) is 5.41 Å². The average Bonchev–Trinajstić information content (AvgIpc) is 1.91. The molecule has 0 N–H and O–H groups in total. The average molecular weight is 188 g/mol. The molecule has 0 atom stereocenters. The van der Waals surface area contributed by atoms with Crippen molar-refractivity contribution in [3.8, 4) is 0 Å². The molecule has 0 saturated carbocycles. The quantitative estimate of drug-likeness (QED) is 0.623. The first-order valence-electron chi connectivity index (χ1n) is 4.63. The summed E-state index contributed by atoms with van der Waals surface area (Å²) in [6.07, 6.45) is 0. The molecule has 0 unspecified atom stereocenters. The molecule has 0 aliphatic carbocycles. The first kappa shape index (κ1) is 10.4. The third-order valence-corrected chi connectivity index (χ3v) is 2.45. The molecular weight excluding hydrogens is 168 g/mol. The highest BCUT2D eigenvalue weighted by molar-refractivity contribution is 7.77. The lowest BCUT2D eigenvalue weighted by Crippen LogP contribution is -2.45. The summed E-state index contributed by atoms with van der Waals surface area (Å²) in [6, 6.07) is 0. The zero-order chi connectivity index (χ0) is 9.19. The van der Waals surface area contributed by atoms with E-state index in [1.807, 2.05) is 0 Å². The molecule has 0 spiro atoms. The monoisotopic (exact) mass is 188 g/mol. The van der Waals surface area contributed by atoms with Gasteiger partial charge in [0, 0.05) is 32.7 Å². The third kappa shape index (κ3) is 3.78. The minimum absolute atomic E-state index is 0.429. The van der Waals surface area contributed by atoms with Crippen LogP contribution in [0.15, 0.2) is 0 Å². The largest absolute Gasteiger partial charge is 0.300 e. The van der Waals surface area contributed by atoms with E-state index in [0.717, 1.165) is 13.1 Å². The van der Waals surface area contributed by atoms with Crippen LogP contribution < -0.4 is 0 Å². The van der Waals surface area contributed by atoms with E-state index >= 15 is 0 Å². The van der Waals surface area contributed by atoms with E-state index in [9.17, 15) is 0 Å². The van der Waals surface area contributed by atoms with Crippen LogP contribution in [0.4, 0.5) is 0 Å². The first-order chi connectivity index (χ1) is 5.47. The fourth-order valence-electron chi connectivity index (χ4n) is 1.57. The van der Waals surface area contributed by atoms with E-state index in [0.29, 0.717) is 5.41 Å². The summed E-state index contributed by atoms with van der Waals surface area (Å²) in [5.74, 6) is 0. The Morgan fingerprint density at radius 2 is 1.58 bits per heavy atom. The molecule has 2 nitrogen and oxygen atoms in total. The van der Waals surface area contributed by atoms with Crippen LogP contribution in [0.3, 0.4) is 0 Å². The maximum atomic E-state index is 4.32. The Balaban J connectivity index is 2.26. The number of nitrogens with zero attached hydrogens (tertiary/aromatic N) is 2. The van der Waals surface area contributed by atoms with E-state index in [1.165, 1.54) is 19.6 Å².